The lowest BCUT2D eigenvalue weighted by atomic mass is 10.0. The minimum atomic E-state index is -0.749. The standard InChI is InChI=1S/C34H42O6S/c1-3-5-18-37-21-25(35)23-39-33-29-14-10-11-15-30(29)34(40-24-26(36)22-38-19-6-4-2)32-20-28(16-17-31(32)33)41-27-12-8-7-9-13-27/h7-17,20,25-26,35-36H,3-6,18-19,21-24H2,1-2H3. The molecule has 2 unspecified atom stereocenters. The molecule has 0 aromatic heterocycles. The Labute approximate surface area is 247 Å². The molecule has 0 aliphatic heterocycles. The predicted molar refractivity (Wildman–Crippen MR) is 166 cm³/mol. The van der Waals surface area contributed by atoms with Crippen LogP contribution in [-0.4, -0.2) is 62.1 Å². The molecule has 0 spiro atoms. The molecule has 4 aromatic rings. The first-order chi connectivity index (χ1) is 20.1. The quantitative estimate of drug-likeness (QED) is 0.0951. The van der Waals surface area contributed by atoms with E-state index in [0.717, 1.165) is 57.0 Å². The molecule has 220 valence electrons. The Hall–Kier alpha value is -2.81. The van der Waals surface area contributed by atoms with Gasteiger partial charge in [0, 0.05) is 44.5 Å². The Morgan fingerprint density at radius 2 is 1.10 bits per heavy atom. The van der Waals surface area contributed by atoms with E-state index in [0.29, 0.717) is 24.7 Å². The van der Waals surface area contributed by atoms with Gasteiger partial charge in [0.15, 0.2) is 0 Å². The van der Waals surface area contributed by atoms with Crippen LogP contribution < -0.4 is 9.47 Å². The lowest BCUT2D eigenvalue weighted by Gasteiger charge is -2.21. The molecule has 0 amide bonds. The fourth-order valence-electron chi connectivity index (χ4n) is 4.46. The zero-order valence-electron chi connectivity index (χ0n) is 24.1. The Morgan fingerprint density at radius 3 is 1.66 bits per heavy atom. The number of hydrogen-bond donors (Lipinski definition) is 2. The van der Waals surface area contributed by atoms with E-state index in [-0.39, 0.29) is 26.4 Å². The van der Waals surface area contributed by atoms with Crippen LogP contribution in [0, 0.1) is 0 Å². The van der Waals surface area contributed by atoms with Gasteiger partial charge in [0.1, 0.15) is 36.9 Å². The molecule has 2 N–H and O–H groups in total. The summed E-state index contributed by atoms with van der Waals surface area (Å²) in [6.07, 6.45) is 2.53. The Bertz CT molecular complexity index is 1350. The third kappa shape index (κ3) is 9.09. The topological polar surface area (TPSA) is 77.4 Å². The van der Waals surface area contributed by atoms with Crippen molar-refractivity contribution in [3.63, 3.8) is 0 Å². The van der Waals surface area contributed by atoms with E-state index in [2.05, 4.69) is 38.1 Å². The SMILES string of the molecule is CCCCOCC(O)COc1c2ccccc2c(OCC(O)COCCCC)c2cc(Sc3ccccc3)ccc12. The zero-order valence-corrected chi connectivity index (χ0v) is 24.9. The number of rotatable bonds is 18. The lowest BCUT2D eigenvalue weighted by Crippen LogP contribution is -2.24. The van der Waals surface area contributed by atoms with Crippen LogP contribution in [0.15, 0.2) is 82.6 Å². The summed E-state index contributed by atoms with van der Waals surface area (Å²) >= 11 is 1.67. The van der Waals surface area contributed by atoms with Gasteiger partial charge in [-0.25, -0.2) is 0 Å². The summed E-state index contributed by atoms with van der Waals surface area (Å²) in [5.41, 5.74) is 0. The lowest BCUT2D eigenvalue weighted by molar-refractivity contribution is 0.0115. The molecular formula is C34H42O6S. The van der Waals surface area contributed by atoms with Gasteiger partial charge in [-0.2, -0.15) is 0 Å². The van der Waals surface area contributed by atoms with Crippen molar-refractivity contribution in [2.75, 3.05) is 39.6 Å². The van der Waals surface area contributed by atoms with Crippen LogP contribution in [0.25, 0.3) is 21.5 Å². The van der Waals surface area contributed by atoms with Crippen molar-refractivity contribution in [1.29, 1.82) is 0 Å². The van der Waals surface area contributed by atoms with Crippen molar-refractivity contribution in [2.45, 2.75) is 61.5 Å². The zero-order chi connectivity index (χ0) is 28.9. The second kappa shape index (κ2) is 16.6. The monoisotopic (exact) mass is 578 g/mol. The number of benzene rings is 4. The summed E-state index contributed by atoms with van der Waals surface area (Å²) in [6, 6.07) is 24.4. The average molecular weight is 579 g/mol. The van der Waals surface area contributed by atoms with Crippen LogP contribution in [-0.2, 0) is 9.47 Å². The van der Waals surface area contributed by atoms with Gasteiger partial charge >= 0.3 is 0 Å². The van der Waals surface area contributed by atoms with Gasteiger partial charge in [0.05, 0.1) is 13.2 Å². The molecule has 4 rings (SSSR count). The minimum Gasteiger partial charge on any atom is -0.489 e. The summed E-state index contributed by atoms with van der Waals surface area (Å²) in [5.74, 6) is 1.38. The van der Waals surface area contributed by atoms with E-state index < -0.39 is 12.2 Å². The van der Waals surface area contributed by atoms with E-state index in [1.807, 2.05) is 48.5 Å². The number of unbranched alkanes of at least 4 members (excludes halogenated alkanes) is 2. The molecule has 7 heteroatoms. The van der Waals surface area contributed by atoms with Gasteiger partial charge in [-0.1, -0.05) is 80.9 Å². The second-order valence-electron chi connectivity index (χ2n) is 10.1. The number of hydrogen-bond acceptors (Lipinski definition) is 7. The molecule has 0 saturated carbocycles. The molecule has 4 aromatic carbocycles. The largest absolute Gasteiger partial charge is 0.489 e. The molecule has 0 saturated heterocycles. The summed E-state index contributed by atoms with van der Waals surface area (Å²) < 4.78 is 23.9. The number of ether oxygens (including phenoxy) is 4. The van der Waals surface area contributed by atoms with Gasteiger partial charge in [-0.3, -0.25) is 0 Å². The van der Waals surface area contributed by atoms with Crippen molar-refractivity contribution in [2.24, 2.45) is 0 Å². The molecular weight excluding hydrogens is 536 g/mol. The van der Waals surface area contributed by atoms with Gasteiger partial charge in [-0.15, -0.1) is 0 Å². The number of fused-ring (bicyclic) bond motifs is 2. The van der Waals surface area contributed by atoms with Crippen molar-refractivity contribution in [1.82, 2.24) is 0 Å². The Balaban J connectivity index is 1.66. The summed E-state index contributed by atoms with van der Waals surface area (Å²) in [4.78, 5) is 2.19. The van der Waals surface area contributed by atoms with Crippen LogP contribution in [0.3, 0.4) is 0 Å². The maximum Gasteiger partial charge on any atom is 0.135 e. The third-order valence-electron chi connectivity index (χ3n) is 6.62. The number of aliphatic hydroxyl groups excluding tert-OH is 2. The highest BCUT2D eigenvalue weighted by molar-refractivity contribution is 7.99. The van der Waals surface area contributed by atoms with E-state index >= 15 is 0 Å². The fourth-order valence-corrected chi connectivity index (χ4v) is 5.34. The highest BCUT2D eigenvalue weighted by atomic mass is 32.2. The molecule has 0 aliphatic rings. The highest BCUT2D eigenvalue weighted by Crippen LogP contribution is 2.44. The predicted octanol–water partition coefficient (Wildman–Crippen LogP) is 7.26. The van der Waals surface area contributed by atoms with Crippen LogP contribution in [0.4, 0.5) is 0 Å². The molecule has 0 bridgehead atoms. The molecule has 6 nitrogen and oxygen atoms in total. The van der Waals surface area contributed by atoms with Crippen LogP contribution in [0.5, 0.6) is 11.5 Å². The minimum absolute atomic E-state index is 0.106. The van der Waals surface area contributed by atoms with Crippen LogP contribution in [0.1, 0.15) is 39.5 Å². The first kappa shape index (κ1) is 31.1. The Morgan fingerprint density at radius 1 is 0.585 bits per heavy atom. The summed E-state index contributed by atoms with van der Waals surface area (Å²) in [5, 5.41) is 24.7. The van der Waals surface area contributed by atoms with Gasteiger partial charge in [-0.05, 0) is 43.2 Å². The third-order valence-corrected chi connectivity index (χ3v) is 7.62. The van der Waals surface area contributed by atoms with E-state index in [1.54, 1.807) is 11.8 Å². The smallest absolute Gasteiger partial charge is 0.135 e. The maximum atomic E-state index is 10.6. The Kier molecular flexibility index (Phi) is 12.6. The van der Waals surface area contributed by atoms with Crippen molar-refractivity contribution in [3.05, 3.63) is 72.8 Å². The molecule has 41 heavy (non-hydrogen) atoms. The molecule has 2 atom stereocenters. The van der Waals surface area contributed by atoms with Crippen LogP contribution in [0.2, 0.25) is 0 Å². The summed E-state index contributed by atoms with van der Waals surface area (Å²) in [6.45, 7) is 6.15. The maximum absolute atomic E-state index is 10.6. The molecule has 0 heterocycles. The second-order valence-corrected chi connectivity index (χ2v) is 11.3. The van der Waals surface area contributed by atoms with Crippen LogP contribution >= 0.6 is 11.8 Å². The van der Waals surface area contributed by atoms with Gasteiger partial charge in [0.2, 0.25) is 0 Å². The first-order valence-corrected chi connectivity index (χ1v) is 15.4. The fraction of sp³-hybridized carbons (Fsp3) is 0.412. The van der Waals surface area contributed by atoms with Crippen molar-refractivity contribution >= 4 is 33.3 Å². The number of aliphatic hydroxyl groups is 2. The van der Waals surface area contributed by atoms with Crippen molar-refractivity contribution in [3.8, 4) is 11.5 Å². The summed E-state index contributed by atoms with van der Waals surface area (Å²) in [7, 11) is 0. The molecule has 0 radical (unpaired) electrons. The average Bonchev–Trinajstić information content (AvgIpc) is 2.99. The molecule has 0 aliphatic carbocycles. The van der Waals surface area contributed by atoms with E-state index in [4.69, 9.17) is 18.9 Å². The van der Waals surface area contributed by atoms with E-state index in [9.17, 15) is 10.2 Å². The van der Waals surface area contributed by atoms with Gasteiger partial charge in [0.25, 0.3) is 0 Å². The highest BCUT2D eigenvalue weighted by Gasteiger charge is 2.19. The van der Waals surface area contributed by atoms with E-state index in [1.165, 1.54) is 0 Å². The van der Waals surface area contributed by atoms with Crippen molar-refractivity contribution < 1.29 is 29.2 Å². The molecule has 0 fully saturated rings. The van der Waals surface area contributed by atoms with Gasteiger partial charge < -0.3 is 29.2 Å². The normalized spacial score (nSPS) is 13.0. The first-order valence-electron chi connectivity index (χ1n) is 14.6.